The maximum absolute atomic E-state index is 12.0. The Balaban J connectivity index is 2.25. The van der Waals surface area contributed by atoms with Crippen LogP contribution in [0.2, 0.25) is 5.02 Å². The summed E-state index contributed by atoms with van der Waals surface area (Å²) in [6, 6.07) is 8.94. The minimum atomic E-state index is -0.468. The lowest BCUT2D eigenvalue weighted by molar-refractivity contribution is 0.102. The predicted molar refractivity (Wildman–Crippen MR) is 73.9 cm³/mol. The largest absolute Gasteiger partial charge is 0.508 e. The van der Waals surface area contributed by atoms with Crippen molar-refractivity contribution in [3.05, 3.63) is 52.5 Å². The molecule has 0 aliphatic heterocycles. The summed E-state index contributed by atoms with van der Waals surface area (Å²) in [4.78, 5) is 12.0. The first-order valence-corrected chi connectivity index (χ1v) is 5.94. The lowest BCUT2D eigenvalue weighted by atomic mass is 10.1. The van der Waals surface area contributed by atoms with Gasteiger partial charge < -0.3 is 15.5 Å². The maximum Gasteiger partial charge on any atom is 0.259 e. The van der Waals surface area contributed by atoms with Crippen molar-refractivity contribution in [2.45, 2.75) is 6.92 Å². The Morgan fingerprint density at radius 2 is 1.79 bits per heavy atom. The lowest BCUT2D eigenvalue weighted by Crippen LogP contribution is -2.12. The number of hydrogen-bond acceptors (Lipinski definition) is 3. The molecule has 2 aromatic rings. The first-order valence-electron chi connectivity index (χ1n) is 5.57. The lowest BCUT2D eigenvalue weighted by Gasteiger charge is -2.08. The zero-order valence-corrected chi connectivity index (χ0v) is 10.9. The molecule has 0 atom stereocenters. The minimum absolute atomic E-state index is 0.0956. The Hall–Kier alpha value is -2.20. The quantitative estimate of drug-likeness (QED) is 0.738. The highest BCUT2D eigenvalue weighted by molar-refractivity contribution is 6.31. The van der Waals surface area contributed by atoms with Gasteiger partial charge in [-0.1, -0.05) is 11.6 Å². The molecule has 0 aliphatic rings. The summed E-state index contributed by atoms with van der Waals surface area (Å²) in [5, 5.41) is 22.0. The van der Waals surface area contributed by atoms with Gasteiger partial charge in [0.15, 0.2) is 0 Å². The number of nitrogens with one attached hydrogen (secondary N) is 1. The SMILES string of the molecule is Cc1cc(NC(=O)c2cc(Cl)ccc2O)ccc1O. The number of hydrogen-bond donors (Lipinski definition) is 3. The molecule has 2 aromatic carbocycles. The van der Waals surface area contributed by atoms with E-state index in [4.69, 9.17) is 11.6 Å². The van der Waals surface area contributed by atoms with Gasteiger partial charge in [0.05, 0.1) is 5.56 Å². The summed E-state index contributed by atoms with van der Waals surface area (Å²) in [5.74, 6) is -0.453. The van der Waals surface area contributed by atoms with Crippen LogP contribution in [0.15, 0.2) is 36.4 Å². The number of rotatable bonds is 2. The first kappa shape index (κ1) is 13.2. The number of phenols is 2. The molecule has 0 fully saturated rings. The van der Waals surface area contributed by atoms with E-state index in [1.54, 1.807) is 19.1 Å². The van der Waals surface area contributed by atoms with Crippen molar-refractivity contribution in [3.8, 4) is 11.5 Å². The number of aryl methyl sites for hydroxylation is 1. The summed E-state index contributed by atoms with van der Waals surface area (Å²) in [7, 11) is 0. The Morgan fingerprint density at radius 3 is 2.47 bits per heavy atom. The number of halogens is 1. The predicted octanol–water partition coefficient (Wildman–Crippen LogP) is 3.31. The van der Waals surface area contributed by atoms with E-state index in [0.717, 1.165) is 0 Å². The van der Waals surface area contributed by atoms with Crippen LogP contribution in [0, 0.1) is 6.92 Å². The second-order valence-electron chi connectivity index (χ2n) is 4.12. The van der Waals surface area contributed by atoms with Crippen LogP contribution in [-0.4, -0.2) is 16.1 Å². The topological polar surface area (TPSA) is 69.6 Å². The van der Waals surface area contributed by atoms with E-state index < -0.39 is 5.91 Å². The third kappa shape index (κ3) is 2.98. The van der Waals surface area contributed by atoms with Gasteiger partial charge in [-0.3, -0.25) is 4.79 Å². The second kappa shape index (κ2) is 5.20. The van der Waals surface area contributed by atoms with E-state index in [1.165, 1.54) is 24.3 Å². The van der Waals surface area contributed by atoms with E-state index in [9.17, 15) is 15.0 Å². The van der Waals surface area contributed by atoms with Crippen molar-refractivity contribution in [1.82, 2.24) is 0 Å². The zero-order chi connectivity index (χ0) is 14.0. The van der Waals surface area contributed by atoms with Gasteiger partial charge in [0.2, 0.25) is 0 Å². The highest BCUT2D eigenvalue weighted by Crippen LogP contribution is 2.24. The zero-order valence-electron chi connectivity index (χ0n) is 10.1. The molecule has 0 aliphatic carbocycles. The fourth-order valence-electron chi connectivity index (χ4n) is 1.62. The number of carbonyl (C=O) groups excluding carboxylic acids is 1. The first-order chi connectivity index (χ1) is 8.97. The fraction of sp³-hybridized carbons (Fsp3) is 0.0714. The number of benzene rings is 2. The van der Waals surface area contributed by atoms with Gasteiger partial charge in [-0.2, -0.15) is 0 Å². The average Bonchev–Trinajstić information content (AvgIpc) is 2.36. The Labute approximate surface area is 115 Å². The number of anilines is 1. The van der Waals surface area contributed by atoms with Gasteiger partial charge in [-0.25, -0.2) is 0 Å². The van der Waals surface area contributed by atoms with Crippen molar-refractivity contribution < 1.29 is 15.0 Å². The number of carbonyl (C=O) groups is 1. The molecule has 0 saturated heterocycles. The third-order valence-corrected chi connectivity index (χ3v) is 2.89. The third-order valence-electron chi connectivity index (χ3n) is 2.66. The van der Waals surface area contributed by atoms with E-state index in [2.05, 4.69) is 5.32 Å². The molecule has 0 heterocycles. The molecule has 0 unspecified atom stereocenters. The summed E-state index contributed by atoms with van der Waals surface area (Å²) in [6.45, 7) is 1.72. The van der Waals surface area contributed by atoms with Gasteiger partial charge in [0.1, 0.15) is 11.5 Å². The smallest absolute Gasteiger partial charge is 0.259 e. The van der Waals surface area contributed by atoms with Crippen LogP contribution < -0.4 is 5.32 Å². The molecule has 0 spiro atoms. The number of amides is 1. The van der Waals surface area contributed by atoms with Gasteiger partial charge in [-0.05, 0) is 48.9 Å². The highest BCUT2D eigenvalue weighted by atomic mass is 35.5. The molecule has 0 radical (unpaired) electrons. The minimum Gasteiger partial charge on any atom is -0.508 e. The standard InChI is InChI=1S/C14H12ClNO3/c1-8-6-10(3-5-12(8)17)16-14(19)11-7-9(15)2-4-13(11)18/h2-7,17-18H,1H3,(H,16,19). The Bertz CT molecular complexity index is 641. The van der Waals surface area contributed by atoms with Crippen LogP contribution in [0.3, 0.4) is 0 Å². The molecular formula is C14H12ClNO3. The van der Waals surface area contributed by atoms with Crippen molar-refractivity contribution in [3.63, 3.8) is 0 Å². The molecule has 4 nitrogen and oxygen atoms in total. The van der Waals surface area contributed by atoms with Gasteiger partial charge in [0.25, 0.3) is 5.91 Å². The van der Waals surface area contributed by atoms with Gasteiger partial charge >= 0.3 is 0 Å². The Kier molecular flexibility index (Phi) is 3.62. The Morgan fingerprint density at radius 1 is 1.11 bits per heavy atom. The molecule has 0 saturated carbocycles. The molecule has 3 N–H and O–H groups in total. The van der Waals surface area contributed by atoms with Crippen molar-refractivity contribution in [1.29, 1.82) is 0 Å². The monoisotopic (exact) mass is 277 g/mol. The molecule has 98 valence electrons. The van der Waals surface area contributed by atoms with Crippen LogP contribution in [-0.2, 0) is 0 Å². The average molecular weight is 278 g/mol. The highest BCUT2D eigenvalue weighted by Gasteiger charge is 2.12. The van der Waals surface area contributed by atoms with Crippen LogP contribution in [0.25, 0.3) is 0 Å². The summed E-state index contributed by atoms with van der Waals surface area (Å²) in [5.41, 5.74) is 1.27. The summed E-state index contributed by atoms with van der Waals surface area (Å²) in [6.07, 6.45) is 0. The summed E-state index contributed by atoms with van der Waals surface area (Å²) >= 11 is 5.79. The molecule has 0 aromatic heterocycles. The van der Waals surface area contributed by atoms with Crippen LogP contribution in [0.1, 0.15) is 15.9 Å². The molecular weight excluding hydrogens is 266 g/mol. The fourth-order valence-corrected chi connectivity index (χ4v) is 1.79. The van der Waals surface area contributed by atoms with Gasteiger partial charge in [-0.15, -0.1) is 0 Å². The van der Waals surface area contributed by atoms with Crippen LogP contribution >= 0.6 is 11.6 Å². The van der Waals surface area contributed by atoms with E-state index >= 15 is 0 Å². The molecule has 0 bridgehead atoms. The van der Waals surface area contributed by atoms with E-state index in [0.29, 0.717) is 16.3 Å². The van der Waals surface area contributed by atoms with Crippen molar-refractivity contribution >= 4 is 23.2 Å². The van der Waals surface area contributed by atoms with Crippen molar-refractivity contribution in [2.75, 3.05) is 5.32 Å². The second-order valence-corrected chi connectivity index (χ2v) is 4.55. The van der Waals surface area contributed by atoms with Crippen LogP contribution in [0.5, 0.6) is 11.5 Å². The number of aromatic hydroxyl groups is 2. The van der Waals surface area contributed by atoms with E-state index in [1.807, 2.05) is 0 Å². The normalized spacial score (nSPS) is 10.2. The van der Waals surface area contributed by atoms with Crippen LogP contribution in [0.4, 0.5) is 5.69 Å². The molecule has 2 rings (SSSR count). The van der Waals surface area contributed by atoms with Gasteiger partial charge in [0, 0.05) is 10.7 Å². The molecule has 5 heteroatoms. The summed E-state index contributed by atoms with van der Waals surface area (Å²) < 4.78 is 0. The molecule has 19 heavy (non-hydrogen) atoms. The van der Waals surface area contributed by atoms with E-state index in [-0.39, 0.29) is 17.1 Å². The van der Waals surface area contributed by atoms with Crippen molar-refractivity contribution in [2.24, 2.45) is 0 Å². The number of phenolic OH excluding ortho intramolecular Hbond substituents is 2. The molecule has 1 amide bonds. The maximum atomic E-state index is 12.0.